The average molecular weight is 657 g/mol. The fourth-order valence-corrected chi connectivity index (χ4v) is 7.15. The summed E-state index contributed by atoms with van der Waals surface area (Å²) in [5, 5.41) is 10.4. The van der Waals surface area contributed by atoms with Crippen LogP contribution in [0.2, 0.25) is 18.1 Å². The van der Waals surface area contributed by atoms with E-state index in [2.05, 4.69) is 10.2 Å². The number of amides is 2. The van der Waals surface area contributed by atoms with Crippen LogP contribution < -0.4 is 9.92 Å². The van der Waals surface area contributed by atoms with Crippen molar-refractivity contribution in [3.63, 3.8) is 0 Å². The molecule has 1 saturated heterocycles. The standard InChI is InChI=1S/C34H37ClN6O4Si/c1-22-37-38-33-29(36-32(23-6-10-25(35)11-7-23)28-20-26(45-2)12-15-30(28)41(22)33)21-31(42)39-16-5-17-40(19-18-39)34(43)24-8-13-27(14-9-24)46(3,4)44/h6-15,20,29,44H,5,16-19,21H2,1-4H3. The van der Waals surface area contributed by atoms with Crippen LogP contribution in [-0.2, 0) is 4.79 Å². The lowest BCUT2D eigenvalue weighted by Crippen LogP contribution is -2.41. The molecule has 238 valence electrons. The number of rotatable bonds is 6. The van der Waals surface area contributed by atoms with Gasteiger partial charge in [-0.2, -0.15) is 0 Å². The molecule has 0 spiro atoms. The van der Waals surface area contributed by atoms with Gasteiger partial charge in [-0.1, -0.05) is 35.9 Å². The van der Waals surface area contributed by atoms with Crippen molar-refractivity contribution in [3.05, 3.63) is 100 Å². The number of ether oxygens (including phenoxy) is 1. The third kappa shape index (κ3) is 6.35. The topological polar surface area (TPSA) is 113 Å². The first-order valence-electron chi connectivity index (χ1n) is 15.4. The number of hydrogen-bond donors (Lipinski definition) is 1. The van der Waals surface area contributed by atoms with E-state index in [-0.39, 0.29) is 18.2 Å². The van der Waals surface area contributed by atoms with Crippen LogP contribution in [0.15, 0.2) is 71.7 Å². The third-order valence-electron chi connectivity index (χ3n) is 8.59. The van der Waals surface area contributed by atoms with Gasteiger partial charge >= 0.3 is 0 Å². The summed E-state index contributed by atoms with van der Waals surface area (Å²) >= 11 is 6.23. The highest BCUT2D eigenvalue weighted by Crippen LogP contribution is 2.35. The van der Waals surface area contributed by atoms with Crippen LogP contribution in [0.4, 0.5) is 0 Å². The van der Waals surface area contributed by atoms with Gasteiger partial charge in [-0.25, -0.2) is 0 Å². The maximum Gasteiger partial charge on any atom is 0.253 e. The van der Waals surface area contributed by atoms with E-state index in [9.17, 15) is 14.4 Å². The number of hydrogen-bond acceptors (Lipinski definition) is 7. The summed E-state index contributed by atoms with van der Waals surface area (Å²) in [6.07, 6.45) is 0.757. The average Bonchev–Trinajstić information content (AvgIpc) is 3.20. The SMILES string of the molecule is COc1ccc2c(c1)C(c1ccc(Cl)cc1)=NC(CC(=O)N1CCCN(C(=O)c3ccc([Si](C)(C)O)cc3)CC1)c1nnc(C)n1-2. The Morgan fingerprint density at radius 2 is 1.65 bits per heavy atom. The van der Waals surface area contributed by atoms with E-state index in [4.69, 9.17) is 21.3 Å². The summed E-state index contributed by atoms with van der Waals surface area (Å²) in [5.74, 6) is 1.82. The van der Waals surface area contributed by atoms with Gasteiger partial charge in [0.05, 0.1) is 24.9 Å². The van der Waals surface area contributed by atoms with Crippen LogP contribution in [-0.4, -0.2) is 88.5 Å². The first kappa shape index (κ1) is 31.7. The van der Waals surface area contributed by atoms with E-state index < -0.39 is 14.4 Å². The number of aryl methyl sites for hydroxylation is 1. The predicted molar refractivity (Wildman–Crippen MR) is 180 cm³/mol. The molecule has 3 heterocycles. The van der Waals surface area contributed by atoms with Gasteiger partial charge < -0.3 is 19.3 Å². The zero-order chi connectivity index (χ0) is 32.6. The monoisotopic (exact) mass is 656 g/mol. The Hall–Kier alpha value is -4.32. The van der Waals surface area contributed by atoms with E-state index in [1.165, 1.54) is 0 Å². The van der Waals surface area contributed by atoms with E-state index in [1.54, 1.807) is 24.1 Å². The summed E-state index contributed by atoms with van der Waals surface area (Å²) in [5.41, 5.74) is 3.83. The maximum absolute atomic E-state index is 13.9. The van der Waals surface area contributed by atoms with Crippen molar-refractivity contribution in [3.8, 4) is 11.4 Å². The fraction of sp³-hybridized carbons (Fsp3) is 0.324. The summed E-state index contributed by atoms with van der Waals surface area (Å²) in [4.78, 5) is 46.5. The predicted octanol–water partition coefficient (Wildman–Crippen LogP) is 4.30. The van der Waals surface area contributed by atoms with Gasteiger partial charge in [0, 0.05) is 47.9 Å². The molecule has 1 fully saturated rings. The van der Waals surface area contributed by atoms with Crippen LogP contribution in [0.1, 0.15) is 52.0 Å². The van der Waals surface area contributed by atoms with Crippen molar-refractivity contribution < 1.29 is 19.1 Å². The van der Waals surface area contributed by atoms with Gasteiger partial charge in [0.1, 0.15) is 17.6 Å². The third-order valence-corrected chi connectivity index (χ3v) is 10.6. The molecule has 6 rings (SSSR count). The molecule has 0 radical (unpaired) electrons. The smallest absolute Gasteiger partial charge is 0.253 e. The second-order valence-corrected chi connectivity index (χ2v) is 16.3. The maximum atomic E-state index is 13.9. The molecule has 10 nitrogen and oxygen atoms in total. The number of aliphatic imine (C=N–C) groups is 1. The number of fused-ring (bicyclic) bond motifs is 3. The molecular formula is C34H37ClN6O4Si. The Bertz CT molecular complexity index is 1800. The zero-order valence-electron chi connectivity index (χ0n) is 26.4. The van der Waals surface area contributed by atoms with E-state index in [0.717, 1.165) is 22.0 Å². The molecule has 46 heavy (non-hydrogen) atoms. The molecule has 2 amide bonds. The molecule has 3 aromatic carbocycles. The van der Waals surface area contributed by atoms with Gasteiger partial charge in [-0.3, -0.25) is 19.1 Å². The van der Waals surface area contributed by atoms with Crippen LogP contribution in [0, 0.1) is 6.92 Å². The Balaban J connectivity index is 1.26. The minimum absolute atomic E-state index is 0.0614. The Kier molecular flexibility index (Phi) is 8.82. The van der Waals surface area contributed by atoms with Gasteiger partial charge in [-0.15, -0.1) is 10.2 Å². The lowest BCUT2D eigenvalue weighted by atomic mass is 10.00. The second-order valence-electron chi connectivity index (χ2n) is 12.2. The first-order valence-corrected chi connectivity index (χ1v) is 18.7. The van der Waals surface area contributed by atoms with Crippen molar-refractivity contribution >= 4 is 42.6 Å². The lowest BCUT2D eigenvalue weighted by Gasteiger charge is -2.23. The minimum Gasteiger partial charge on any atom is -0.497 e. The summed E-state index contributed by atoms with van der Waals surface area (Å²) in [6.45, 7) is 7.53. The van der Waals surface area contributed by atoms with Gasteiger partial charge in [0.15, 0.2) is 5.82 Å². The molecule has 1 aromatic heterocycles. The number of carbonyl (C=O) groups excluding carboxylic acids is 2. The molecular weight excluding hydrogens is 620 g/mol. The highest BCUT2D eigenvalue weighted by Gasteiger charge is 2.32. The zero-order valence-corrected chi connectivity index (χ0v) is 28.2. The summed E-state index contributed by atoms with van der Waals surface area (Å²) in [7, 11) is -0.827. The van der Waals surface area contributed by atoms with Crippen molar-refractivity contribution in [1.82, 2.24) is 24.6 Å². The normalized spacial score (nSPS) is 16.6. The molecule has 0 saturated carbocycles. The summed E-state index contributed by atoms with van der Waals surface area (Å²) < 4.78 is 7.53. The van der Waals surface area contributed by atoms with Crippen molar-refractivity contribution in [2.75, 3.05) is 33.3 Å². The van der Waals surface area contributed by atoms with Crippen molar-refractivity contribution in [1.29, 1.82) is 0 Å². The van der Waals surface area contributed by atoms with Crippen LogP contribution in [0.25, 0.3) is 5.69 Å². The summed E-state index contributed by atoms with van der Waals surface area (Å²) in [6, 6.07) is 19.9. The van der Waals surface area contributed by atoms with E-state index in [0.29, 0.717) is 66.3 Å². The fourth-order valence-electron chi connectivity index (χ4n) is 6.04. The number of methoxy groups -OCH3 is 1. The molecule has 0 bridgehead atoms. The van der Waals surface area contributed by atoms with Crippen LogP contribution in [0.5, 0.6) is 5.75 Å². The number of nitrogens with zero attached hydrogens (tertiary/aromatic N) is 6. The highest BCUT2D eigenvalue weighted by atomic mass is 35.5. The second kappa shape index (κ2) is 12.8. The molecule has 0 aliphatic carbocycles. The van der Waals surface area contributed by atoms with Crippen LogP contribution >= 0.6 is 11.6 Å². The molecule has 1 N–H and O–H groups in total. The Morgan fingerprint density at radius 3 is 2.35 bits per heavy atom. The molecule has 2 aliphatic rings. The van der Waals surface area contributed by atoms with Gasteiger partial charge in [0.25, 0.3) is 5.91 Å². The largest absolute Gasteiger partial charge is 0.497 e. The molecule has 1 unspecified atom stereocenters. The molecule has 12 heteroatoms. The molecule has 1 atom stereocenters. The number of aromatic nitrogens is 3. The van der Waals surface area contributed by atoms with E-state index >= 15 is 0 Å². The Labute approximate surface area is 274 Å². The number of carbonyl (C=O) groups is 2. The molecule has 4 aromatic rings. The van der Waals surface area contributed by atoms with Crippen molar-refractivity contribution in [2.24, 2.45) is 4.99 Å². The van der Waals surface area contributed by atoms with Crippen molar-refractivity contribution in [2.45, 2.75) is 38.9 Å². The van der Waals surface area contributed by atoms with Gasteiger partial charge in [0.2, 0.25) is 14.2 Å². The first-order chi connectivity index (χ1) is 22.0. The number of halogens is 1. The van der Waals surface area contributed by atoms with Gasteiger partial charge in [-0.05, 0) is 74.1 Å². The minimum atomic E-state index is -2.45. The van der Waals surface area contributed by atoms with E-state index in [1.807, 2.05) is 84.1 Å². The quantitative estimate of drug-likeness (QED) is 0.310. The highest BCUT2D eigenvalue weighted by molar-refractivity contribution is 6.83. The lowest BCUT2D eigenvalue weighted by molar-refractivity contribution is -0.131. The number of benzene rings is 3. The molecule has 2 aliphatic heterocycles. The Morgan fingerprint density at radius 1 is 0.957 bits per heavy atom. The van der Waals surface area contributed by atoms with Crippen LogP contribution in [0.3, 0.4) is 0 Å².